The number of hydrogen-bond acceptors (Lipinski definition) is 5. The smallest absolute Gasteiger partial charge is 0.261 e. The molecule has 0 fully saturated rings. The molecule has 0 bridgehead atoms. The fraction of sp³-hybridized carbons (Fsp3) is 0.211. The normalized spacial score (nSPS) is 13.2. The maximum Gasteiger partial charge on any atom is 0.261 e. The van der Waals surface area contributed by atoms with Gasteiger partial charge < -0.3 is 5.32 Å². The first-order chi connectivity index (χ1) is 13.2. The number of hydrogen-bond donors (Lipinski definition) is 3. The molecule has 0 atom stereocenters. The quantitative estimate of drug-likeness (QED) is 0.637. The molecule has 0 aliphatic carbocycles. The second-order valence-electron chi connectivity index (χ2n) is 6.75. The average Bonchev–Trinajstić information content (AvgIpc) is 2.93. The molecule has 28 heavy (non-hydrogen) atoms. The number of benzene rings is 2. The number of nitrogens with one attached hydrogen (secondary N) is 3. The van der Waals surface area contributed by atoms with E-state index < -0.39 is 27.7 Å². The molecule has 146 valence electrons. The average molecular weight is 401 g/mol. The van der Waals surface area contributed by atoms with Crippen LogP contribution in [0.25, 0.3) is 0 Å². The number of rotatable bonds is 6. The van der Waals surface area contributed by atoms with Gasteiger partial charge in [-0.05, 0) is 36.2 Å². The van der Waals surface area contributed by atoms with Crippen LogP contribution in [0.5, 0.6) is 0 Å². The third-order valence-electron chi connectivity index (χ3n) is 4.10. The second-order valence-corrected chi connectivity index (χ2v) is 8.43. The molecule has 3 amide bonds. The zero-order chi connectivity index (χ0) is 20.5. The van der Waals surface area contributed by atoms with Crippen molar-refractivity contribution >= 4 is 33.4 Å². The van der Waals surface area contributed by atoms with E-state index in [1.165, 1.54) is 24.3 Å². The van der Waals surface area contributed by atoms with E-state index in [4.69, 9.17) is 0 Å². The van der Waals surface area contributed by atoms with Crippen LogP contribution >= 0.6 is 0 Å². The van der Waals surface area contributed by atoms with Crippen LogP contribution in [0.3, 0.4) is 0 Å². The van der Waals surface area contributed by atoms with E-state index in [2.05, 4.69) is 15.4 Å². The minimum atomic E-state index is -4.08. The maximum absolute atomic E-state index is 12.8. The van der Waals surface area contributed by atoms with Crippen molar-refractivity contribution in [3.8, 4) is 0 Å². The third kappa shape index (κ3) is 3.89. The molecule has 1 aliphatic rings. The lowest BCUT2D eigenvalue weighted by atomic mass is 10.1. The maximum atomic E-state index is 12.8. The molecular weight excluding hydrogens is 382 g/mol. The van der Waals surface area contributed by atoms with Crippen LogP contribution in [0.4, 0.5) is 5.69 Å². The molecule has 2 aromatic carbocycles. The Labute approximate surface area is 162 Å². The van der Waals surface area contributed by atoms with E-state index in [-0.39, 0.29) is 33.2 Å². The van der Waals surface area contributed by atoms with Crippen LogP contribution in [-0.2, 0) is 10.0 Å². The number of sulfonamides is 1. The Morgan fingerprint density at radius 2 is 1.71 bits per heavy atom. The molecule has 0 spiro atoms. The molecule has 1 aliphatic heterocycles. The second kappa shape index (κ2) is 7.43. The Balaban J connectivity index is 1.90. The van der Waals surface area contributed by atoms with Gasteiger partial charge in [0.05, 0.1) is 27.3 Å². The van der Waals surface area contributed by atoms with Gasteiger partial charge in [-0.3, -0.25) is 24.4 Å². The number of fused-ring (bicyclic) bond motifs is 1. The first kappa shape index (κ1) is 19.6. The largest absolute Gasteiger partial charge is 0.352 e. The molecule has 0 saturated carbocycles. The van der Waals surface area contributed by atoms with Crippen LogP contribution in [0.15, 0.2) is 47.4 Å². The topological polar surface area (TPSA) is 121 Å². The predicted molar refractivity (Wildman–Crippen MR) is 103 cm³/mol. The fourth-order valence-corrected chi connectivity index (χ4v) is 3.79. The van der Waals surface area contributed by atoms with Crippen molar-refractivity contribution in [3.05, 3.63) is 59.2 Å². The summed E-state index contributed by atoms with van der Waals surface area (Å²) in [4.78, 5) is 35.6. The molecule has 3 rings (SSSR count). The Hall–Kier alpha value is -3.20. The molecule has 0 saturated heterocycles. The van der Waals surface area contributed by atoms with Gasteiger partial charge >= 0.3 is 0 Å². The van der Waals surface area contributed by atoms with Crippen LogP contribution in [-0.4, -0.2) is 32.7 Å². The lowest BCUT2D eigenvalue weighted by Gasteiger charge is -2.14. The van der Waals surface area contributed by atoms with E-state index in [1.807, 2.05) is 13.8 Å². The van der Waals surface area contributed by atoms with Gasteiger partial charge in [-0.1, -0.05) is 26.0 Å². The third-order valence-corrected chi connectivity index (χ3v) is 5.47. The highest BCUT2D eigenvalue weighted by atomic mass is 32.2. The summed E-state index contributed by atoms with van der Waals surface area (Å²) >= 11 is 0. The Bertz CT molecular complexity index is 1080. The predicted octanol–water partition coefficient (Wildman–Crippen LogP) is 1.76. The summed E-state index contributed by atoms with van der Waals surface area (Å²) in [5, 5.41) is 4.86. The molecule has 1 heterocycles. The van der Waals surface area contributed by atoms with Crippen molar-refractivity contribution in [2.75, 3.05) is 11.3 Å². The molecule has 9 heteroatoms. The first-order valence-corrected chi connectivity index (χ1v) is 10.1. The van der Waals surface area contributed by atoms with E-state index >= 15 is 0 Å². The summed E-state index contributed by atoms with van der Waals surface area (Å²) in [5.74, 6) is -1.37. The number of carbonyl (C=O) groups excluding carboxylic acids is 3. The van der Waals surface area contributed by atoms with Crippen LogP contribution in [0.2, 0.25) is 0 Å². The fourth-order valence-electron chi connectivity index (χ4n) is 2.68. The van der Waals surface area contributed by atoms with Crippen molar-refractivity contribution in [2.45, 2.75) is 18.7 Å². The van der Waals surface area contributed by atoms with Crippen LogP contribution in [0, 0.1) is 5.92 Å². The van der Waals surface area contributed by atoms with E-state index in [1.54, 1.807) is 12.1 Å². The first-order valence-electron chi connectivity index (χ1n) is 8.59. The van der Waals surface area contributed by atoms with Crippen molar-refractivity contribution in [1.82, 2.24) is 10.6 Å². The molecule has 0 aromatic heterocycles. The number of para-hydroxylation sites is 1. The van der Waals surface area contributed by atoms with Gasteiger partial charge in [0, 0.05) is 6.54 Å². The highest BCUT2D eigenvalue weighted by Gasteiger charge is 2.29. The number of imide groups is 1. The van der Waals surface area contributed by atoms with E-state index in [0.717, 1.165) is 6.07 Å². The zero-order valence-corrected chi connectivity index (χ0v) is 16.1. The van der Waals surface area contributed by atoms with Crippen molar-refractivity contribution < 1.29 is 22.8 Å². The molecular formula is C19H19N3O5S. The summed E-state index contributed by atoms with van der Waals surface area (Å²) in [6, 6.07) is 9.89. The van der Waals surface area contributed by atoms with Gasteiger partial charge in [0.2, 0.25) is 0 Å². The van der Waals surface area contributed by atoms with Gasteiger partial charge in [-0.15, -0.1) is 0 Å². The summed E-state index contributed by atoms with van der Waals surface area (Å²) in [5.41, 5.74) is 0.416. The van der Waals surface area contributed by atoms with Gasteiger partial charge in [0.15, 0.2) is 0 Å². The van der Waals surface area contributed by atoms with Crippen LogP contribution < -0.4 is 15.4 Å². The van der Waals surface area contributed by atoms with Crippen LogP contribution in [0.1, 0.15) is 44.9 Å². The standard InChI is InChI=1S/C19H19N3O5S/c1-11(2)10-20-17(23)14-5-3-4-6-16(14)22-28(26,27)12-7-8-13-15(9-12)19(25)21-18(13)24/h3-9,11,22H,10H2,1-2H3,(H,20,23)(H,21,24,25). The zero-order valence-electron chi connectivity index (χ0n) is 15.3. The lowest BCUT2D eigenvalue weighted by Crippen LogP contribution is -2.28. The number of carbonyl (C=O) groups is 3. The molecule has 8 nitrogen and oxygen atoms in total. The minimum Gasteiger partial charge on any atom is -0.352 e. The Morgan fingerprint density at radius 3 is 2.43 bits per heavy atom. The summed E-state index contributed by atoms with van der Waals surface area (Å²) in [7, 11) is -4.08. The highest BCUT2D eigenvalue weighted by Crippen LogP contribution is 2.24. The van der Waals surface area contributed by atoms with Gasteiger partial charge in [0.25, 0.3) is 27.7 Å². The van der Waals surface area contributed by atoms with E-state index in [0.29, 0.717) is 6.54 Å². The molecule has 3 N–H and O–H groups in total. The van der Waals surface area contributed by atoms with Crippen molar-refractivity contribution in [3.63, 3.8) is 0 Å². The summed E-state index contributed by atoms with van der Waals surface area (Å²) < 4.78 is 27.9. The summed E-state index contributed by atoms with van der Waals surface area (Å²) in [6.45, 7) is 4.35. The van der Waals surface area contributed by atoms with Crippen molar-refractivity contribution in [2.24, 2.45) is 5.92 Å². The Morgan fingerprint density at radius 1 is 1.04 bits per heavy atom. The molecule has 0 radical (unpaired) electrons. The lowest BCUT2D eigenvalue weighted by molar-refractivity contribution is 0.0877. The van der Waals surface area contributed by atoms with E-state index in [9.17, 15) is 22.8 Å². The van der Waals surface area contributed by atoms with Crippen molar-refractivity contribution in [1.29, 1.82) is 0 Å². The molecule has 2 aromatic rings. The van der Waals surface area contributed by atoms with Gasteiger partial charge in [0.1, 0.15) is 0 Å². The highest BCUT2D eigenvalue weighted by molar-refractivity contribution is 7.92. The Kier molecular flexibility index (Phi) is 5.19. The number of amides is 3. The summed E-state index contributed by atoms with van der Waals surface area (Å²) in [6.07, 6.45) is 0. The van der Waals surface area contributed by atoms with Gasteiger partial charge in [-0.25, -0.2) is 8.42 Å². The molecule has 0 unspecified atom stereocenters. The monoisotopic (exact) mass is 401 g/mol. The minimum absolute atomic E-state index is 0.00385. The number of anilines is 1. The van der Waals surface area contributed by atoms with Gasteiger partial charge in [-0.2, -0.15) is 0 Å². The SMILES string of the molecule is CC(C)CNC(=O)c1ccccc1NS(=O)(=O)c1ccc2c(c1)C(=O)NC2=O.